The fourth-order valence-electron chi connectivity index (χ4n) is 3.54. The van der Waals surface area contributed by atoms with Crippen LogP contribution < -0.4 is 10.1 Å². The van der Waals surface area contributed by atoms with E-state index in [1.807, 2.05) is 35.7 Å². The van der Waals surface area contributed by atoms with Crippen molar-refractivity contribution in [3.05, 3.63) is 42.5 Å². The van der Waals surface area contributed by atoms with Crippen molar-refractivity contribution in [1.29, 1.82) is 0 Å². The maximum atomic E-state index is 6.02. The zero-order valence-corrected chi connectivity index (χ0v) is 15.7. The van der Waals surface area contributed by atoms with Crippen molar-refractivity contribution in [1.82, 2.24) is 34.3 Å². The quantitative estimate of drug-likeness (QED) is 0.572. The zero-order chi connectivity index (χ0) is 19.1. The molecule has 0 amide bonds. The Balaban J connectivity index is 1.52. The molecule has 4 aromatic heterocycles. The Bertz CT molecular complexity index is 1150. The van der Waals surface area contributed by atoms with E-state index in [1.165, 1.54) is 0 Å². The number of pyridine rings is 1. The van der Waals surface area contributed by atoms with E-state index < -0.39 is 0 Å². The van der Waals surface area contributed by atoms with Gasteiger partial charge in [0.2, 0.25) is 11.8 Å². The topological polar surface area (TPSA) is 95.0 Å². The van der Waals surface area contributed by atoms with E-state index in [0.29, 0.717) is 12.6 Å². The second kappa shape index (κ2) is 6.59. The molecule has 0 aliphatic carbocycles. The van der Waals surface area contributed by atoms with E-state index in [2.05, 4.69) is 37.5 Å². The second-order valence-corrected chi connectivity index (χ2v) is 6.86. The van der Waals surface area contributed by atoms with Gasteiger partial charge in [0.25, 0.3) is 0 Å². The Morgan fingerprint density at radius 1 is 1.21 bits per heavy atom. The summed E-state index contributed by atoms with van der Waals surface area (Å²) in [6, 6.07) is 7.70. The minimum Gasteiger partial charge on any atom is -0.478 e. The van der Waals surface area contributed by atoms with Crippen LogP contribution in [0.1, 0.15) is 31.5 Å². The normalized spacial score (nSPS) is 15.6. The molecule has 1 atom stereocenters. The predicted molar refractivity (Wildman–Crippen MR) is 104 cm³/mol. The molecular weight excluding hydrogens is 356 g/mol. The zero-order valence-electron chi connectivity index (χ0n) is 15.7. The monoisotopic (exact) mass is 376 g/mol. The molecule has 0 aromatic carbocycles. The number of nitrogens with zero attached hydrogens (tertiary/aromatic N) is 7. The first-order valence-corrected chi connectivity index (χ1v) is 9.33. The molecule has 5 heterocycles. The summed E-state index contributed by atoms with van der Waals surface area (Å²) in [5.74, 6) is 3.33. The SMILES string of the molecule is CCCC1COc2cc(-c3ccnc(Nc4ccnn4C)n3)cc3nnc1n23. The lowest BCUT2D eigenvalue weighted by atomic mass is 10.0. The third-order valence-corrected chi connectivity index (χ3v) is 4.94. The lowest BCUT2D eigenvalue weighted by molar-refractivity contribution is 0.239. The van der Waals surface area contributed by atoms with Crippen LogP contribution in [-0.2, 0) is 7.05 Å². The molecule has 0 bridgehead atoms. The van der Waals surface area contributed by atoms with E-state index >= 15 is 0 Å². The van der Waals surface area contributed by atoms with E-state index in [1.54, 1.807) is 17.1 Å². The Hall–Kier alpha value is -3.49. The fourth-order valence-corrected chi connectivity index (χ4v) is 3.54. The standard InChI is InChI=1S/C19H20N8O/c1-3-4-12-11-28-17-10-13(9-16-24-25-18(12)27(16)17)14-5-7-20-19(22-14)23-15-6-8-21-26(15)2/h5-10,12H,3-4,11H2,1-2H3,(H,20,22,23). The van der Waals surface area contributed by atoms with Gasteiger partial charge in [-0.1, -0.05) is 13.3 Å². The first kappa shape index (κ1) is 16.7. The highest BCUT2D eigenvalue weighted by molar-refractivity contribution is 5.67. The smallest absolute Gasteiger partial charge is 0.228 e. The summed E-state index contributed by atoms with van der Waals surface area (Å²) in [6.07, 6.45) is 5.57. The third kappa shape index (κ3) is 2.75. The maximum absolute atomic E-state index is 6.02. The van der Waals surface area contributed by atoms with E-state index in [9.17, 15) is 0 Å². The molecule has 1 unspecified atom stereocenters. The van der Waals surface area contributed by atoms with Gasteiger partial charge in [-0.25, -0.2) is 14.4 Å². The van der Waals surface area contributed by atoms with Gasteiger partial charge in [-0.15, -0.1) is 10.2 Å². The largest absolute Gasteiger partial charge is 0.478 e. The number of hydrogen-bond acceptors (Lipinski definition) is 7. The van der Waals surface area contributed by atoms with Crippen molar-refractivity contribution in [2.45, 2.75) is 25.7 Å². The van der Waals surface area contributed by atoms with Gasteiger partial charge in [0.05, 0.1) is 24.4 Å². The highest BCUT2D eigenvalue weighted by Crippen LogP contribution is 2.33. The Kier molecular flexibility index (Phi) is 3.92. The van der Waals surface area contributed by atoms with Crippen LogP contribution in [0.2, 0.25) is 0 Å². The molecule has 9 heteroatoms. The van der Waals surface area contributed by atoms with Crippen molar-refractivity contribution in [3.8, 4) is 17.1 Å². The Morgan fingerprint density at radius 3 is 2.96 bits per heavy atom. The molecule has 0 saturated carbocycles. The average Bonchev–Trinajstić information content (AvgIpc) is 3.32. The summed E-state index contributed by atoms with van der Waals surface area (Å²) in [5.41, 5.74) is 2.45. The average molecular weight is 376 g/mol. The van der Waals surface area contributed by atoms with E-state index in [-0.39, 0.29) is 5.92 Å². The van der Waals surface area contributed by atoms with Crippen LogP contribution in [0.5, 0.6) is 5.88 Å². The van der Waals surface area contributed by atoms with Gasteiger partial charge in [0, 0.05) is 30.9 Å². The van der Waals surface area contributed by atoms with Gasteiger partial charge in [0.1, 0.15) is 11.6 Å². The molecule has 142 valence electrons. The number of rotatable bonds is 5. The van der Waals surface area contributed by atoms with Gasteiger partial charge in [-0.2, -0.15) is 5.10 Å². The van der Waals surface area contributed by atoms with Gasteiger partial charge in [-0.3, -0.25) is 4.68 Å². The highest BCUT2D eigenvalue weighted by atomic mass is 16.5. The lowest BCUT2D eigenvalue weighted by Crippen LogP contribution is -2.20. The van der Waals surface area contributed by atoms with Crippen LogP contribution in [0, 0.1) is 0 Å². The predicted octanol–water partition coefficient (Wildman–Crippen LogP) is 2.94. The van der Waals surface area contributed by atoms with Crippen LogP contribution in [0.3, 0.4) is 0 Å². The first-order chi connectivity index (χ1) is 13.7. The summed E-state index contributed by atoms with van der Waals surface area (Å²) in [5, 5.41) is 16.1. The van der Waals surface area contributed by atoms with E-state index in [0.717, 1.165) is 47.3 Å². The third-order valence-electron chi connectivity index (χ3n) is 4.94. The fraction of sp³-hybridized carbons (Fsp3) is 0.316. The van der Waals surface area contributed by atoms with Crippen LogP contribution in [0.15, 0.2) is 36.7 Å². The molecule has 1 aliphatic rings. The first-order valence-electron chi connectivity index (χ1n) is 9.33. The number of anilines is 2. The number of aromatic nitrogens is 7. The molecular formula is C19H20N8O. The molecule has 0 radical (unpaired) electrons. The van der Waals surface area contributed by atoms with Crippen molar-refractivity contribution in [2.75, 3.05) is 11.9 Å². The number of ether oxygens (including phenoxy) is 1. The molecule has 1 N–H and O–H groups in total. The molecule has 5 rings (SSSR count). The highest BCUT2D eigenvalue weighted by Gasteiger charge is 2.26. The van der Waals surface area contributed by atoms with Crippen LogP contribution in [0.25, 0.3) is 16.9 Å². The molecule has 0 spiro atoms. The Morgan fingerprint density at radius 2 is 2.14 bits per heavy atom. The minimum absolute atomic E-state index is 0.284. The van der Waals surface area contributed by atoms with Crippen molar-refractivity contribution >= 4 is 17.4 Å². The van der Waals surface area contributed by atoms with Gasteiger partial charge in [0.15, 0.2) is 5.65 Å². The summed E-state index contributed by atoms with van der Waals surface area (Å²) in [7, 11) is 1.86. The van der Waals surface area contributed by atoms with Crippen molar-refractivity contribution < 1.29 is 4.74 Å². The van der Waals surface area contributed by atoms with E-state index in [4.69, 9.17) is 4.74 Å². The maximum Gasteiger partial charge on any atom is 0.228 e. The lowest BCUT2D eigenvalue weighted by Gasteiger charge is -2.22. The van der Waals surface area contributed by atoms with Gasteiger partial charge < -0.3 is 10.1 Å². The molecule has 1 aliphatic heterocycles. The van der Waals surface area contributed by atoms with Crippen LogP contribution in [0.4, 0.5) is 11.8 Å². The van der Waals surface area contributed by atoms with Crippen molar-refractivity contribution in [3.63, 3.8) is 0 Å². The Labute approximate surface area is 161 Å². The molecule has 9 nitrogen and oxygen atoms in total. The molecule has 0 fully saturated rings. The number of aryl methyl sites for hydroxylation is 1. The van der Waals surface area contributed by atoms with Crippen LogP contribution in [-0.4, -0.2) is 41.0 Å². The summed E-state index contributed by atoms with van der Waals surface area (Å²) < 4.78 is 9.75. The van der Waals surface area contributed by atoms with Gasteiger partial charge in [-0.05, 0) is 18.6 Å². The van der Waals surface area contributed by atoms with Crippen LogP contribution >= 0.6 is 0 Å². The summed E-state index contributed by atoms with van der Waals surface area (Å²) in [4.78, 5) is 8.94. The second-order valence-electron chi connectivity index (χ2n) is 6.86. The van der Waals surface area contributed by atoms with Crippen molar-refractivity contribution in [2.24, 2.45) is 7.05 Å². The molecule has 28 heavy (non-hydrogen) atoms. The number of nitrogens with one attached hydrogen (secondary N) is 1. The minimum atomic E-state index is 0.284. The van der Waals surface area contributed by atoms with Gasteiger partial charge >= 0.3 is 0 Å². The number of hydrogen-bond donors (Lipinski definition) is 1. The summed E-state index contributed by atoms with van der Waals surface area (Å²) >= 11 is 0. The molecule has 0 saturated heterocycles. The summed E-state index contributed by atoms with van der Waals surface area (Å²) in [6.45, 7) is 2.80. The molecule has 4 aromatic rings.